The third kappa shape index (κ3) is 3.63. The summed E-state index contributed by atoms with van der Waals surface area (Å²) in [7, 11) is -1.01. The Labute approximate surface area is 116 Å². The van der Waals surface area contributed by atoms with E-state index in [1.807, 2.05) is 10.9 Å². The number of ether oxygens (including phenoxy) is 1. The summed E-state index contributed by atoms with van der Waals surface area (Å²) in [5.74, 6) is 0. The van der Waals surface area contributed by atoms with Gasteiger partial charge in [0.25, 0.3) is 0 Å². The Morgan fingerprint density at radius 3 is 2.78 bits per heavy atom. The normalized spacial score (nSPS) is 12.2. The van der Waals surface area contributed by atoms with E-state index in [-0.39, 0.29) is 0 Å². The van der Waals surface area contributed by atoms with Crippen LogP contribution in [0.1, 0.15) is 0 Å². The lowest BCUT2D eigenvalue weighted by Crippen LogP contribution is -2.22. The summed E-state index contributed by atoms with van der Waals surface area (Å²) in [5.41, 5.74) is 0.887. The van der Waals surface area contributed by atoms with E-state index in [1.54, 1.807) is 12.4 Å². The molecule has 18 heavy (non-hydrogen) atoms. The second-order valence-corrected chi connectivity index (χ2v) is 12.0. The third-order valence-electron chi connectivity index (χ3n) is 2.65. The number of nitrogens with zero attached hydrogens (tertiary/aromatic N) is 3. The Kier molecular flexibility index (Phi) is 4.19. The van der Waals surface area contributed by atoms with Crippen LogP contribution in [0.2, 0.25) is 25.7 Å². The molecule has 4 nitrogen and oxygen atoms in total. The smallest absolute Gasteiger partial charge is 0.139 e. The van der Waals surface area contributed by atoms with E-state index in [1.165, 1.54) is 6.04 Å². The zero-order valence-electron chi connectivity index (χ0n) is 11.0. The maximum absolute atomic E-state index is 5.66. The van der Waals surface area contributed by atoms with E-state index >= 15 is 0 Å². The van der Waals surface area contributed by atoms with Crippen molar-refractivity contribution in [1.29, 1.82) is 0 Å². The van der Waals surface area contributed by atoms with Crippen LogP contribution in [0.3, 0.4) is 0 Å². The predicted molar refractivity (Wildman–Crippen MR) is 79.3 cm³/mol. The summed E-state index contributed by atoms with van der Waals surface area (Å²) < 4.78 is 8.45. The molecule has 98 valence electrons. The summed E-state index contributed by atoms with van der Waals surface area (Å²) in [5, 5.41) is 5.49. The van der Waals surface area contributed by atoms with Crippen molar-refractivity contribution < 1.29 is 4.74 Å². The van der Waals surface area contributed by atoms with Crippen LogP contribution >= 0.6 is 15.9 Å². The first kappa shape index (κ1) is 13.7. The fraction of sp³-hybridized carbons (Fsp3) is 0.500. The molecule has 0 radical (unpaired) electrons. The number of pyridine rings is 1. The molecule has 0 aromatic carbocycles. The van der Waals surface area contributed by atoms with Gasteiger partial charge in [0.2, 0.25) is 0 Å². The van der Waals surface area contributed by atoms with Gasteiger partial charge in [-0.3, -0.25) is 4.98 Å². The summed E-state index contributed by atoms with van der Waals surface area (Å²) in [4.78, 5) is 4.10. The molecule has 0 saturated carbocycles. The number of hydrogen-bond acceptors (Lipinski definition) is 3. The molecular formula is C12H18BrN3OSi. The standard InChI is InChI=1S/C12H18BrN3OSi/c1-18(2,3)5-4-17-9-16-8-10-11(13)6-14-7-12(10)15-16/h6-8H,4-5,9H2,1-3H3. The predicted octanol–water partition coefficient (Wildman–Crippen LogP) is 3.51. The second kappa shape index (κ2) is 5.50. The summed E-state index contributed by atoms with van der Waals surface area (Å²) in [6.07, 6.45) is 5.52. The zero-order valence-corrected chi connectivity index (χ0v) is 13.6. The molecule has 0 saturated heterocycles. The lowest BCUT2D eigenvalue weighted by atomic mass is 10.3. The van der Waals surface area contributed by atoms with Gasteiger partial charge in [0, 0.05) is 36.9 Å². The molecule has 2 aromatic heterocycles. The van der Waals surface area contributed by atoms with Crippen molar-refractivity contribution in [2.45, 2.75) is 32.4 Å². The maximum atomic E-state index is 5.66. The van der Waals surface area contributed by atoms with Gasteiger partial charge in [0.1, 0.15) is 12.2 Å². The van der Waals surface area contributed by atoms with Crippen LogP contribution in [0.5, 0.6) is 0 Å². The third-order valence-corrected chi connectivity index (χ3v) is 4.99. The fourth-order valence-electron chi connectivity index (χ4n) is 1.56. The Morgan fingerprint density at radius 1 is 1.33 bits per heavy atom. The van der Waals surface area contributed by atoms with Gasteiger partial charge < -0.3 is 4.74 Å². The van der Waals surface area contributed by atoms with Gasteiger partial charge in [-0.05, 0) is 22.0 Å². The molecule has 0 spiro atoms. The van der Waals surface area contributed by atoms with E-state index < -0.39 is 8.07 Å². The van der Waals surface area contributed by atoms with Crippen LogP contribution in [-0.4, -0.2) is 29.4 Å². The van der Waals surface area contributed by atoms with Gasteiger partial charge in [0.15, 0.2) is 0 Å². The van der Waals surface area contributed by atoms with Gasteiger partial charge in [-0.2, -0.15) is 5.10 Å². The van der Waals surface area contributed by atoms with Crippen molar-refractivity contribution in [3.63, 3.8) is 0 Å². The highest BCUT2D eigenvalue weighted by atomic mass is 79.9. The molecule has 0 fully saturated rings. The SMILES string of the molecule is C[Si](C)(C)CCOCn1cc2c(Br)cncc2n1. The quantitative estimate of drug-likeness (QED) is 0.623. The molecule has 2 heterocycles. The molecule has 2 aromatic rings. The Balaban J connectivity index is 1.94. The summed E-state index contributed by atoms with van der Waals surface area (Å²) in [6.45, 7) is 8.36. The number of rotatable bonds is 5. The van der Waals surface area contributed by atoms with Gasteiger partial charge >= 0.3 is 0 Å². The molecule has 0 aliphatic carbocycles. The van der Waals surface area contributed by atoms with Crippen LogP contribution in [0, 0.1) is 0 Å². The minimum Gasteiger partial charge on any atom is -0.360 e. The molecule has 0 aliphatic heterocycles. The average Bonchev–Trinajstić information content (AvgIpc) is 2.68. The number of fused-ring (bicyclic) bond motifs is 1. The van der Waals surface area contributed by atoms with E-state index in [0.717, 1.165) is 22.0 Å². The summed E-state index contributed by atoms with van der Waals surface area (Å²) >= 11 is 3.47. The molecule has 0 aliphatic rings. The largest absolute Gasteiger partial charge is 0.360 e. The van der Waals surface area contributed by atoms with Crippen molar-refractivity contribution in [2.75, 3.05) is 6.61 Å². The molecule has 0 atom stereocenters. The van der Waals surface area contributed by atoms with E-state index in [2.05, 4.69) is 45.7 Å². The number of aromatic nitrogens is 3. The van der Waals surface area contributed by atoms with Crippen molar-refractivity contribution in [1.82, 2.24) is 14.8 Å². The lowest BCUT2D eigenvalue weighted by molar-refractivity contribution is 0.0791. The van der Waals surface area contributed by atoms with Crippen LogP contribution < -0.4 is 0 Å². The molecule has 0 N–H and O–H groups in total. The van der Waals surface area contributed by atoms with Crippen molar-refractivity contribution in [3.8, 4) is 0 Å². The minimum atomic E-state index is -1.01. The Morgan fingerprint density at radius 2 is 2.11 bits per heavy atom. The highest BCUT2D eigenvalue weighted by molar-refractivity contribution is 9.10. The average molecular weight is 328 g/mol. The first-order valence-corrected chi connectivity index (χ1v) is 10.5. The van der Waals surface area contributed by atoms with Crippen LogP contribution in [-0.2, 0) is 11.5 Å². The first-order valence-electron chi connectivity index (χ1n) is 6.00. The van der Waals surface area contributed by atoms with Gasteiger partial charge in [0.05, 0.1) is 6.20 Å². The molecular weight excluding hydrogens is 310 g/mol. The molecule has 0 amide bonds. The van der Waals surface area contributed by atoms with E-state index in [4.69, 9.17) is 4.74 Å². The van der Waals surface area contributed by atoms with Crippen LogP contribution in [0.25, 0.3) is 10.9 Å². The second-order valence-electron chi connectivity index (χ2n) is 5.57. The van der Waals surface area contributed by atoms with Crippen LogP contribution in [0.4, 0.5) is 0 Å². The maximum Gasteiger partial charge on any atom is 0.139 e. The molecule has 0 bridgehead atoms. The molecule has 2 rings (SSSR count). The number of halogens is 1. The monoisotopic (exact) mass is 327 g/mol. The topological polar surface area (TPSA) is 39.9 Å². The van der Waals surface area contributed by atoms with Gasteiger partial charge in [-0.1, -0.05) is 19.6 Å². The Hall–Kier alpha value is -0.723. The number of hydrogen-bond donors (Lipinski definition) is 0. The van der Waals surface area contributed by atoms with Crippen LogP contribution in [0.15, 0.2) is 23.1 Å². The fourth-order valence-corrected chi connectivity index (χ4v) is 2.74. The highest BCUT2D eigenvalue weighted by Gasteiger charge is 2.12. The lowest BCUT2D eigenvalue weighted by Gasteiger charge is -2.15. The molecule has 6 heteroatoms. The Bertz CT molecular complexity index is 536. The van der Waals surface area contributed by atoms with Crippen molar-refractivity contribution in [3.05, 3.63) is 23.1 Å². The first-order chi connectivity index (χ1) is 8.46. The zero-order chi connectivity index (χ0) is 13.2. The van der Waals surface area contributed by atoms with Gasteiger partial charge in [-0.15, -0.1) is 0 Å². The molecule has 0 unspecified atom stereocenters. The minimum absolute atomic E-state index is 0.506. The van der Waals surface area contributed by atoms with E-state index in [0.29, 0.717) is 6.73 Å². The van der Waals surface area contributed by atoms with Crippen molar-refractivity contribution >= 4 is 34.9 Å². The van der Waals surface area contributed by atoms with Crippen molar-refractivity contribution in [2.24, 2.45) is 0 Å². The van der Waals surface area contributed by atoms with Gasteiger partial charge in [-0.25, -0.2) is 4.68 Å². The summed E-state index contributed by atoms with van der Waals surface area (Å²) in [6, 6.07) is 1.18. The highest BCUT2D eigenvalue weighted by Crippen LogP contribution is 2.21. The van der Waals surface area contributed by atoms with E-state index in [9.17, 15) is 0 Å².